The summed E-state index contributed by atoms with van der Waals surface area (Å²) >= 11 is 6.07. The molecule has 41 heavy (non-hydrogen) atoms. The second-order valence-electron chi connectivity index (χ2n) is 10.2. The van der Waals surface area contributed by atoms with Gasteiger partial charge in [0.15, 0.2) is 0 Å². The summed E-state index contributed by atoms with van der Waals surface area (Å²) in [4.78, 5) is 28.8. The first-order valence-corrected chi connectivity index (χ1v) is 15.3. The van der Waals surface area contributed by atoms with Crippen LogP contribution in [-0.4, -0.2) is 51.4 Å². The SMILES string of the molecule is CCC(C(=O)NCC(C)C)N(Cc1ccc(Cl)cc1)C(=O)CN(c1ccc(C)cc1)S(=O)(=O)c1ccc(OC)cc1. The summed E-state index contributed by atoms with van der Waals surface area (Å²) < 4.78 is 34.2. The van der Waals surface area contributed by atoms with Crippen LogP contribution < -0.4 is 14.4 Å². The molecule has 8 nitrogen and oxygen atoms in total. The number of nitrogens with one attached hydrogen (secondary N) is 1. The second-order valence-corrected chi connectivity index (χ2v) is 12.5. The van der Waals surface area contributed by atoms with Crippen molar-refractivity contribution in [2.24, 2.45) is 5.92 Å². The Bertz CT molecular complexity index is 1410. The van der Waals surface area contributed by atoms with E-state index in [0.717, 1.165) is 15.4 Å². The maximum Gasteiger partial charge on any atom is 0.264 e. The number of aryl methyl sites for hydroxylation is 1. The van der Waals surface area contributed by atoms with E-state index in [1.54, 1.807) is 60.7 Å². The van der Waals surface area contributed by atoms with Gasteiger partial charge in [-0.15, -0.1) is 0 Å². The molecule has 0 fully saturated rings. The molecule has 220 valence electrons. The average molecular weight is 600 g/mol. The summed E-state index contributed by atoms with van der Waals surface area (Å²) in [7, 11) is -2.66. The molecule has 0 heterocycles. The summed E-state index contributed by atoms with van der Waals surface area (Å²) in [6.07, 6.45) is 0.346. The Balaban J connectivity index is 2.03. The molecule has 3 aromatic carbocycles. The Morgan fingerprint density at radius 3 is 2.10 bits per heavy atom. The number of nitrogens with zero attached hydrogens (tertiary/aromatic N) is 2. The summed E-state index contributed by atoms with van der Waals surface area (Å²) in [5.41, 5.74) is 2.04. The molecular formula is C31H38ClN3O5S. The summed E-state index contributed by atoms with van der Waals surface area (Å²) in [5, 5.41) is 3.47. The maximum atomic E-state index is 14.1. The van der Waals surface area contributed by atoms with Gasteiger partial charge >= 0.3 is 0 Å². The molecule has 0 bridgehead atoms. The fourth-order valence-corrected chi connectivity index (χ4v) is 5.78. The largest absolute Gasteiger partial charge is 0.497 e. The molecule has 1 N–H and O–H groups in total. The van der Waals surface area contributed by atoms with Crippen molar-refractivity contribution in [3.63, 3.8) is 0 Å². The molecular weight excluding hydrogens is 562 g/mol. The molecule has 3 rings (SSSR count). The number of ether oxygens (including phenoxy) is 1. The van der Waals surface area contributed by atoms with Gasteiger partial charge in [-0.1, -0.05) is 62.2 Å². The van der Waals surface area contributed by atoms with Crippen molar-refractivity contribution in [3.05, 3.63) is 88.9 Å². The van der Waals surface area contributed by atoms with E-state index < -0.39 is 28.5 Å². The van der Waals surface area contributed by atoms with Gasteiger partial charge in [-0.05, 0) is 73.4 Å². The van der Waals surface area contributed by atoms with Gasteiger partial charge in [0.2, 0.25) is 11.8 Å². The van der Waals surface area contributed by atoms with Crippen molar-refractivity contribution < 1.29 is 22.7 Å². The molecule has 0 spiro atoms. The second kappa shape index (κ2) is 14.4. The van der Waals surface area contributed by atoms with Crippen molar-refractivity contribution in [1.82, 2.24) is 10.2 Å². The minimum Gasteiger partial charge on any atom is -0.497 e. The van der Waals surface area contributed by atoms with Gasteiger partial charge in [-0.25, -0.2) is 8.42 Å². The lowest BCUT2D eigenvalue weighted by Gasteiger charge is -2.33. The highest BCUT2D eigenvalue weighted by molar-refractivity contribution is 7.92. The topological polar surface area (TPSA) is 96.0 Å². The third-order valence-electron chi connectivity index (χ3n) is 6.58. The first-order chi connectivity index (χ1) is 19.5. The molecule has 10 heteroatoms. The number of carbonyl (C=O) groups excluding carboxylic acids is 2. The molecule has 3 aromatic rings. The zero-order chi connectivity index (χ0) is 30.2. The van der Waals surface area contributed by atoms with E-state index in [4.69, 9.17) is 16.3 Å². The van der Waals surface area contributed by atoms with E-state index in [0.29, 0.717) is 29.4 Å². The molecule has 0 aliphatic heterocycles. The third-order valence-corrected chi connectivity index (χ3v) is 8.62. The summed E-state index contributed by atoms with van der Waals surface area (Å²) in [6.45, 7) is 7.76. The van der Waals surface area contributed by atoms with Crippen LogP contribution in [0.1, 0.15) is 38.3 Å². The quantitative estimate of drug-likeness (QED) is 0.283. The van der Waals surface area contributed by atoms with Crippen LogP contribution in [0.3, 0.4) is 0 Å². The van der Waals surface area contributed by atoms with Gasteiger partial charge < -0.3 is 15.0 Å². The van der Waals surface area contributed by atoms with Crippen molar-refractivity contribution in [3.8, 4) is 5.75 Å². The van der Waals surface area contributed by atoms with E-state index in [-0.39, 0.29) is 23.3 Å². The molecule has 1 atom stereocenters. The Hall–Kier alpha value is -3.56. The fourth-order valence-electron chi connectivity index (χ4n) is 4.24. The summed E-state index contributed by atoms with van der Waals surface area (Å²) in [6, 6.07) is 19.1. The van der Waals surface area contributed by atoms with Crippen molar-refractivity contribution in [1.29, 1.82) is 0 Å². The number of halogens is 1. The highest BCUT2D eigenvalue weighted by Gasteiger charge is 2.33. The smallest absolute Gasteiger partial charge is 0.264 e. The Morgan fingerprint density at radius 2 is 1.56 bits per heavy atom. The highest BCUT2D eigenvalue weighted by atomic mass is 35.5. The van der Waals surface area contributed by atoms with Gasteiger partial charge in [0, 0.05) is 18.1 Å². The molecule has 1 unspecified atom stereocenters. The van der Waals surface area contributed by atoms with Gasteiger partial charge in [0.1, 0.15) is 18.3 Å². The van der Waals surface area contributed by atoms with Crippen LogP contribution in [0.4, 0.5) is 5.69 Å². The lowest BCUT2D eigenvalue weighted by atomic mass is 10.1. The fraction of sp³-hybridized carbons (Fsp3) is 0.355. The number of rotatable bonds is 13. The maximum absolute atomic E-state index is 14.1. The van der Waals surface area contributed by atoms with E-state index in [1.165, 1.54) is 24.1 Å². The normalized spacial score (nSPS) is 12.1. The number of anilines is 1. The van der Waals surface area contributed by atoms with E-state index in [2.05, 4.69) is 5.32 Å². The van der Waals surface area contributed by atoms with Crippen LogP contribution in [-0.2, 0) is 26.2 Å². The van der Waals surface area contributed by atoms with Crippen molar-refractivity contribution >= 4 is 39.1 Å². The van der Waals surface area contributed by atoms with Crippen molar-refractivity contribution in [2.75, 3.05) is 24.5 Å². The third kappa shape index (κ3) is 8.47. The van der Waals surface area contributed by atoms with Crippen LogP contribution in [0.15, 0.2) is 77.7 Å². The Labute approximate surface area is 248 Å². The van der Waals surface area contributed by atoms with Crippen LogP contribution in [0.5, 0.6) is 5.75 Å². The van der Waals surface area contributed by atoms with Crippen LogP contribution in [0.2, 0.25) is 5.02 Å². The van der Waals surface area contributed by atoms with Crippen LogP contribution in [0.25, 0.3) is 0 Å². The molecule has 0 saturated carbocycles. The number of sulfonamides is 1. The molecule has 0 saturated heterocycles. The predicted molar refractivity (Wildman–Crippen MR) is 163 cm³/mol. The first-order valence-electron chi connectivity index (χ1n) is 13.5. The molecule has 0 aliphatic rings. The van der Waals surface area contributed by atoms with Crippen LogP contribution in [0, 0.1) is 12.8 Å². The number of amides is 2. The lowest BCUT2D eigenvalue weighted by Crippen LogP contribution is -2.52. The highest BCUT2D eigenvalue weighted by Crippen LogP contribution is 2.26. The Morgan fingerprint density at radius 1 is 0.951 bits per heavy atom. The average Bonchev–Trinajstić information content (AvgIpc) is 2.96. The number of hydrogen-bond donors (Lipinski definition) is 1. The summed E-state index contributed by atoms with van der Waals surface area (Å²) in [5.74, 6) is -0.0645. The van der Waals surface area contributed by atoms with Crippen molar-refractivity contribution in [2.45, 2.75) is 51.6 Å². The van der Waals surface area contributed by atoms with E-state index >= 15 is 0 Å². The molecule has 0 aliphatic carbocycles. The van der Waals surface area contributed by atoms with E-state index in [1.807, 2.05) is 27.7 Å². The minimum atomic E-state index is -4.16. The zero-order valence-electron chi connectivity index (χ0n) is 24.1. The lowest BCUT2D eigenvalue weighted by molar-refractivity contribution is -0.140. The molecule has 0 radical (unpaired) electrons. The van der Waals surface area contributed by atoms with Gasteiger partial charge in [0.25, 0.3) is 10.0 Å². The monoisotopic (exact) mass is 599 g/mol. The van der Waals surface area contributed by atoms with E-state index in [9.17, 15) is 18.0 Å². The number of hydrogen-bond acceptors (Lipinski definition) is 5. The van der Waals surface area contributed by atoms with Gasteiger partial charge in [-0.3, -0.25) is 13.9 Å². The minimum absolute atomic E-state index is 0.0117. The Kier molecular flexibility index (Phi) is 11.2. The number of benzene rings is 3. The zero-order valence-corrected chi connectivity index (χ0v) is 25.7. The molecule has 2 amide bonds. The van der Waals surface area contributed by atoms with Crippen LogP contribution >= 0.6 is 11.6 Å². The number of methoxy groups -OCH3 is 1. The standard InChI is InChI=1S/C31H38ClN3O5S/c1-6-29(31(37)33-19-22(2)3)34(20-24-9-11-25(32)12-10-24)30(36)21-35(26-13-7-23(4)8-14-26)41(38,39)28-17-15-27(40-5)16-18-28/h7-18,22,29H,6,19-21H2,1-5H3,(H,33,37). The number of carbonyl (C=O) groups is 2. The predicted octanol–water partition coefficient (Wildman–Crippen LogP) is 5.43. The van der Waals surface area contributed by atoms with Gasteiger partial charge in [-0.2, -0.15) is 0 Å². The molecule has 0 aromatic heterocycles. The van der Waals surface area contributed by atoms with Gasteiger partial charge in [0.05, 0.1) is 17.7 Å². The first kappa shape index (κ1) is 32.0.